The van der Waals surface area contributed by atoms with Crippen LogP contribution in [0.2, 0.25) is 0 Å². The number of hydrogen-bond acceptors (Lipinski definition) is 4. The number of nitrogens with one attached hydrogen (secondary N) is 1. The molecule has 0 unspecified atom stereocenters. The molecule has 1 aromatic heterocycles. The lowest BCUT2D eigenvalue weighted by Gasteiger charge is -2.09. The van der Waals surface area contributed by atoms with E-state index in [0.717, 1.165) is 4.47 Å². The molecule has 0 radical (unpaired) electrons. The maximum absolute atomic E-state index is 12.2. The minimum Gasteiger partial charge on any atom is -0.383 e. The summed E-state index contributed by atoms with van der Waals surface area (Å²) in [7, 11) is -3.76. The Bertz CT molecular complexity index is 702. The smallest absolute Gasteiger partial charge is 0.265 e. The molecule has 1 aromatic carbocycles. The Balaban J connectivity index is 2.37. The number of nitrogens with two attached hydrogens (primary N) is 1. The summed E-state index contributed by atoms with van der Waals surface area (Å²) in [5.74, 6) is -0.0483. The van der Waals surface area contributed by atoms with Crippen molar-refractivity contribution in [2.24, 2.45) is 0 Å². The molecule has 0 bridgehead atoms. The van der Waals surface area contributed by atoms with E-state index in [1.165, 1.54) is 12.3 Å². The molecule has 0 atom stereocenters. The second-order valence-corrected chi connectivity index (χ2v) is 7.13. The maximum Gasteiger partial charge on any atom is 0.265 e. The molecule has 0 saturated heterocycles. The highest BCUT2D eigenvalue weighted by molar-refractivity contribution is 9.10. The first-order valence-electron chi connectivity index (χ1n) is 5.08. The predicted molar refractivity (Wildman–Crippen MR) is 81.3 cm³/mol. The molecule has 0 saturated carbocycles. The lowest BCUT2D eigenvalue weighted by molar-refractivity contribution is 0.601. The summed E-state index contributed by atoms with van der Waals surface area (Å²) >= 11 is 6.44. The molecule has 2 aromatic rings. The van der Waals surface area contributed by atoms with Gasteiger partial charge >= 0.3 is 0 Å². The van der Waals surface area contributed by atoms with Gasteiger partial charge in [-0.25, -0.2) is 13.4 Å². The Morgan fingerprint density at radius 3 is 2.37 bits per heavy atom. The summed E-state index contributed by atoms with van der Waals surface area (Å²) in [6, 6.07) is 8.16. The van der Waals surface area contributed by atoms with E-state index in [9.17, 15) is 8.42 Å². The van der Waals surface area contributed by atoms with Crippen molar-refractivity contribution in [2.45, 2.75) is 4.90 Å². The van der Waals surface area contributed by atoms with Crippen LogP contribution in [0.15, 0.2) is 50.4 Å². The van der Waals surface area contributed by atoms with Crippen molar-refractivity contribution in [3.05, 3.63) is 45.5 Å². The van der Waals surface area contributed by atoms with Gasteiger partial charge in [-0.3, -0.25) is 4.72 Å². The molecule has 0 aliphatic carbocycles. The SMILES string of the molecule is Nc1ncc(Br)cc1S(=O)(=O)Nc1ccc(Br)cc1. The molecule has 0 spiro atoms. The fourth-order valence-corrected chi connectivity index (χ4v) is 3.29. The molecule has 0 amide bonds. The van der Waals surface area contributed by atoms with Gasteiger partial charge < -0.3 is 5.73 Å². The zero-order valence-electron chi connectivity index (χ0n) is 9.47. The average molecular weight is 407 g/mol. The minimum absolute atomic E-state index is 0.0483. The van der Waals surface area contributed by atoms with E-state index in [-0.39, 0.29) is 10.7 Å². The topological polar surface area (TPSA) is 85.1 Å². The van der Waals surface area contributed by atoms with Gasteiger partial charge in [0.2, 0.25) is 0 Å². The van der Waals surface area contributed by atoms with E-state index in [4.69, 9.17) is 5.73 Å². The van der Waals surface area contributed by atoms with E-state index in [0.29, 0.717) is 10.2 Å². The predicted octanol–water partition coefficient (Wildman–Crippen LogP) is 2.99. The van der Waals surface area contributed by atoms with Crippen molar-refractivity contribution < 1.29 is 8.42 Å². The van der Waals surface area contributed by atoms with Crippen molar-refractivity contribution in [3.8, 4) is 0 Å². The molecular formula is C11H9Br2N3O2S. The number of anilines is 2. The van der Waals surface area contributed by atoms with Crippen LogP contribution in [-0.2, 0) is 10.0 Å². The number of benzene rings is 1. The Hall–Kier alpha value is -1.12. The number of nitrogen functional groups attached to an aromatic ring is 1. The summed E-state index contributed by atoms with van der Waals surface area (Å²) in [5, 5.41) is 0. The Labute approximate surface area is 127 Å². The summed E-state index contributed by atoms with van der Waals surface area (Å²) < 4.78 is 28.2. The van der Waals surface area contributed by atoms with Crippen LogP contribution in [0, 0.1) is 0 Å². The van der Waals surface area contributed by atoms with Crippen molar-refractivity contribution in [1.29, 1.82) is 0 Å². The van der Waals surface area contributed by atoms with Crippen LogP contribution in [-0.4, -0.2) is 13.4 Å². The van der Waals surface area contributed by atoms with E-state index in [1.807, 2.05) is 0 Å². The molecule has 0 aliphatic rings. The molecule has 1 heterocycles. The van der Waals surface area contributed by atoms with Crippen LogP contribution in [0.1, 0.15) is 0 Å². The first kappa shape index (κ1) is 14.3. The highest BCUT2D eigenvalue weighted by Gasteiger charge is 2.19. The number of sulfonamides is 1. The summed E-state index contributed by atoms with van der Waals surface area (Å²) in [6.45, 7) is 0. The van der Waals surface area contributed by atoms with E-state index in [2.05, 4.69) is 41.6 Å². The van der Waals surface area contributed by atoms with Crippen molar-refractivity contribution >= 4 is 53.4 Å². The third kappa shape index (κ3) is 3.46. The van der Waals surface area contributed by atoms with Crippen LogP contribution in [0.5, 0.6) is 0 Å². The van der Waals surface area contributed by atoms with Gasteiger partial charge in [-0.05, 0) is 46.3 Å². The highest BCUT2D eigenvalue weighted by atomic mass is 79.9. The maximum atomic E-state index is 12.2. The van der Waals surface area contributed by atoms with Crippen LogP contribution < -0.4 is 10.5 Å². The summed E-state index contributed by atoms with van der Waals surface area (Å²) in [4.78, 5) is 3.74. The molecular weight excluding hydrogens is 398 g/mol. The largest absolute Gasteiger partial charge is 0.383 e. The van der Waals surface area contributed by atoms with E-state index >= 15 is 0 Å². The fraction of sp³-hybridized carbons (Fsp3) is 0. The summed E-state index contributed by atoms with van der Waals surface area (Å²) in [5.41, 5.74) is 6.04. The van der Waals surface area contributed by atoms with Gasteiger partial charge in [0, 0.05) is 20.8 Å². The highest BCUT2D eigenvalue weighted by Crippen LogP contribution is 2.23. The van der Waals surface area contributed by atoms with E-state index < -0.39 is 10.0 Å². The molecule has 2 rings (SSSR count). The Morgan fingerprint density at radius 1 is 1.11 bits per heavy atom. The first-order valence-corrected chi connectivity index (χ1v) is 8.15. The normalized spacial score (nSPS) is 11.3. The van der Waals surface area contributed by atoms with Gasteiger partial charge in [0.05, 0.1) is 0 Å². The molecule has 100 valence electrons. The molecule has 8 heteroatoms. The Kier molecular flexibility index (Phi) is 4.12. The number of aromatic nitrogens is 1. The third-order valence-corrected chi connectivity index (χ3v) is 4.61. The van der Waals surface area contributed by atoms with Crippen LogP contribution in [0.25, 0.3) is 0 Å². The van der Waals surface area contributed by atoms with Crippen molar-refractivity contribution in [3.63, 3.8) is 0 Å². The van der Waals surface area contributed by atoms with Crippen LogP contribution in [0.3, 0.4) is 0 Å². The average Bonchev–Trinajstić information content (AvgIpc) is 2.35. The van der Waals surface area contributed by atoms with Gasteiger partial charge in [-0.1, -0.05) is 15.9 Å². The molecule has 5 nitrogen and oxygen atoms in total. The molecule has 19 heavy (non-hydrogen) atoms. The second kappa shape index (κ2) is 5.48. The number of nitrogens with zero attached hydrogens (tertiary/aromatic N) is 1. The minimum atomic E-state index is -3.76. The fourth-order valence-electron chi connectivity index (χ4n) is 1.37. The first-order chi connectivity index (χ1) is 8.88. The number of rotatable bonds is 3. The zero-order chi connectivity index (χ0) is 14.0. The molecule has 3 N–H and O–H groups in total. The molecule has 0 fully saturated rings. The van der Waals surface area contributed by atoms with E-state index in [1.54, 1.807) is 24.3 Å². The van der Waals surface area contributed by atoms with Crippen LogP contribution in [0.4, 0.5) is 11.5 Å². The lowest BCUT2D eigenvalue weighted by Crippen LogP contribution is -2.15. The van der Waals surface area contributed by atoms with Crippen molar-refractivity contribution in [1.82, 2.24) is 4.98 Å². The van der Waals surface area contributed by atoms with Gasteiger partial charge in [0.1, 0.15) is 10.7 Å². The van der Waals surface area contributed by atoms with Gasteiger partial charge in [-0.2, -0.15) is 0 Å². The third-order valence-electron chi connectivity index (χ3n) is 2.23. The Morgan fingerprint density at radius 2 is 1.74 bits per heavy atom. The number of hydrogen-bond donors (Lipinski definition) is 2. The van der Waals surface area contributed by atoms with Gasteiger partial charge in [0.25, 0.3) is 10.0 Å². The second-order valence-electron chi connectivity index (χ2n) is 3.65. The van der Waals surface area contributed by atoms with Gasteiger partial charge in [0.15, 0.2) is 0 Å². The molecule has 0 aliphatic heterocycles. The zero-order valence-corrected chi connectivity index (χ0v) is 13.5. The number of halogens is 2. The number of pyridine rings is 1. The van der Waals surface area contributed by atoms with Crippen LogP contribution >= 0.6 is 31.9 Å². The lowest BCUT2D eigenvalue weighted by atomic mass is 10.3. The monoisotopic (exact) mass is 405 g/mol. The van der Waals surface area contributed by atoms with Crippen molar-refractivity contribution in [2.75, 3.05) is 10.5 Å². The quantitative estimate of drug-likeness (QED) is 0.820. The van der Waals surface area contributed by atoms with Gasteiger partial charge in [-0.15, -0.1) is 0 Å². The summed E-state index contributed by atoms with van der Waals surface area (Å²) in [6.07, 6.45) is 1.44. The standard InChI is InChI=1S/C11H9Br2N3O2S/c12-7-1-3-9(4-2-7)16-19(17,18)10-5-8(13)6-15-11(10)14/h1-6,16H,(H2,14,15).